The fourth-order valence-electron chi connectivity index (χ4n) is 1.12. The van der Waals surface area contributed by atoms with Crippen molar-refractivity contribution in [3.63, 3.8) is 0 Å². The van der Waals surface area contributed by atoms with Gasteiger partial charge >= 0.3 is 5.97 Å². The van der Waals surface area contributed by atoms with E-state index in [0.717, 1.165) is 5.69 Å². The number of pyridine rings is 1. The highest BCUT2D eigenvalue weighted by atomic mass is 16.5. The van der Waals surface area contributed by atoms with Gasteiger partial charge in [0.1, 0.15) is 0 Å². The van der Waals surface area contributed by atoms with Crippen molar-refractivity contribution in [2.45, 2.75) is 13.3 Å². The standard InChI is InChI=1S/C10H13NO2/c1-8(10(12)13-2)7-9-5-3-4-6-11-9/h3-6,8H,7H2,1-2H3. The average Bonchev–Trinajstić information content (AvgIpc) is 2.18. The van der Waals surface area contributed by atoms with Crippen LogP contribution in [0, 0.1) is 5.92 Å². The number of rotatable bonds is 3. The van der Waals surface area contributed by atoms with Crippen LogP contribution in [0.1, 0.15) is 12.6 Å². The smallest absolute Gasteiger partial charge is 0.308 e. The monoisotopic (exact) mass is 179 g/mol. The van der Waals surface area contributed by atoms with E-state index >= 15 is 0 Å². The Bertz CT molecular complexity index is 272. The molecule has 13 heavy (non-hydrogen) atoms. The molecule has 0 saturated carbocycles. The molecule has 0 aliphatic carbocycles. The Labute approximate surface area is 77.8 Å². The van der Waals surface area contributed by atoms with Gasteiger partial charge in [-0.05, 0) is 12.1 Å². The molecule has 0 aromatic carbocycles. The first kappa shape index (κ1) is 9.71. The summed E-state index contributed by atoms with van der Waals surface area (Å²) in [6.45, 7) is 1.83. The highest BCUT2D eigenvalue weighted by Crippen LogP contribution is 2.06. The molecule has 0 aliphatic heterocycles. The molecule has 1 rings (SSSR count). The fourth-order valence-corrected chi connectivity index (χ4v) is 1.12. The third-order valence-electron chi connectivity index (χ3n) is 1.85. The van der Waals surface area contributed by atoms with E-state index in [9.17, 15) is 4.79 Å². The van der Waals surface area contributed by atoms with Gasteiger partial charge in [-0.2, -0.15) is 0 Å². The summed E-state index contributed by atoms with van der Waals surface area (Å²) in [6, 6.07) is 5.66. The predicted octanol–water partition coefficient (Wildman–Crippen LogP) is 1.43. The van der Waals surface area contributed by atoms with Crippen LogP contribution in [0.3, 0.4) is 0 Å². The lowest BCUT2D eigenvalue weighted by atomic mass is 10.1. The molecule has 0 N–H and O–H groups in total. The normalized spacial score (nSPS) is 12.2. The Morgan fingerprint density at radius 3 is 2.92 bits per heavy atom. The molecule has 0 bridgehead atoms. The lowest BCUT2D eigenvalue weighted by Gasteiger charge is -2.07. The van der Waals surface area contributed by atoms with Gasteiger partial charge in [0.05, 0.1) is 13.0 Å². The first-order chi connectivity index (χ1) is 6.24. The summed E-state index contributed by atoms with van der Waals surface area (Å²) in [5.41, 5.74) is 0.917. The molecule has 0 aliphatic rings. The van der Waals surface area contributed by atoms with Gasteiger partial charge in [-0.25, -0.2) is 0 Å². The lowest BCUT2D eigenvalue weighted by molar-refractivity contribution is -0.144. The number of hydrogen-bond donors (Lipinski definition) is 0. The first-order valence-corrected chi connectivity index (χ1v) is 4.21. The van der Waals surface area contributed by atoms with Crippen molar-refractivity contribution < 1.29 is 9.53 Å². The minimum absolute atomic E-state index is 0.125. The Hall–Kier alpha value is -1.38. The van der Waals surface area contributed by atoms with Gasteiger partial charge in [-0.3, -0.25) is 9.78 Å². The van der Waals surface area contributed by atoms with Gasteiger partial charge in [0.15, 0.2) is 0 Å². The maximum absolute atomic E-state index is 11.1. The molecule has 1 atom stereocenters. The Morgan fingerprint density at radius 2 is 2.38 bits per heavy atom. The number of hydrogen-bond acceptors (Lipinski definition) is 3. The number of methoxy groups -OCH3 is 1. The van der Waals surface area contributed by atoms with Crippen LogP contribution in [0.25, 0.3) is 0 Å². The van der Waals surface area contributed by atoms with E-state index in [2.05, 4.69) is 9.72 Å². The summed E-state index contributed by atoms with van der Waals surface area (Å²) in [5, 5.41) is 0. The van der Waals surface area contributed by atoms with Crippen LogP contribution < -0.4 is 0 Å². The fraction of sp³-hybridized carbons (Fsp3) is 0.400. The van der Waals surface area contributed by atoms with Crippen molar-refractivity contribution in [3.05, 3.63) is 30.1 Å². The lowest BCUT2D eigenvalue weighted by Crippen LogP contribution is -2.15. The van der Waals surface area contributed by atoms with Gasteiger partial charge in [0.2, 0.25) is 0 Å². The maximum atomic E-state index is 11.1. The van der Waals surface area contributed by atoms with Crippen LogP contribution in [0.15, 0.2) is 24.4 Å². The molecule has 1 unspecified atom stereocenters. The predicted molar refractivity (Wildman–Crippen MR) is 49.1 cm³/mol. The van der Waals surface area contributed by atoms with Gasteiger partial charge in [0.25, 0.3) is 0 Å². The summed E-state index contributed by atoms with van der Waals surface area (Å²) in [6.07, 6.45) is 2.35. The van der Waals surface area contributed by atoms with Crippen molar-refractivity contribution in [1.82, 2.24) is 4.98 Å². The van der Waals surface area contributed by atoms with Crippen LogP contribution in [-0.4, -0.2) is 18.1 Å². The van der Waals surface area contributed by atoms with E-state index in [0.29, 0.717) is 6.42 Å². The highest BCUT2D eigenvalue weighted by molar-refractivity contribution is 5.72. The summed E-state index contributed by atoms with van der Waals surface area (Å²) in [4.78, 5) is 15.2. The van der Waals surface area contributed by atoms with E-state index in [1.54, 1.807) is 6.20 Å². The van der Waals surface area contributed by atoms with Crippen LogP contribution in [-0.2, 0) is 16.0 Å². The molecule has 0 spiro atoms. The molecule has 1 aromatic heterocycles. The Morgan fingerprint density at radius 1 is 1.62 bits per heavy atom. The Balaban J connectivity index is 2.55. The van der Waals surface area contributed by atoms with Gasteiger partial charge in [-0.1, -0.05) is 13.0 Å². The van der Waals surface area contributed by atoms with E-state index in [-0.39, 0.29) is 11.9 Å². The molecule has 1 aromatic rings. The highest BCUT2D eigenvalue weighted by Gasteiger charge is 2.13. The number of ether oxygens (including phenoxy) is 1. The Kier molecular flexibility index (Phi) is 3.43. The number of aromatic nitrogens is 1. The van der Waals surface area contributed by atoms with Crippen LogP contribution >= 0.6 is 0 Å². The average molecular weight is 179 g/mol. The van der Waals surface area contributed by atoms with E-state index in [1.807, 2.05) is 25.1 Å². The van der Waals surface area contributed by atoms with Gasteiger partial charge in [-0.15, -0.1) is 0 Å². The molecule has 3 nitrogen and oxygen atoms in total. The van der Waals surface area contributed by atoms with Crippen molar-refractivity contribution >= 4 is 5.97 Å². The molecule has 70 valence electrons. The summed E-state index contributed by atoms with van der Waals surface area (Å²) in [5.74, 6) is -0.314. The van der Waals surface area contributed by atoms with Crippen LogP contribution in [0.2, 0.25) is 0 Å². The van der Waals surface area contributed by atoms with Crippen molar-refractivity contribution in [2.75, 3.05) is 7.11 Å². The number of carbonyl (C=O) groups is 1. The summed E-state index contributed by atoms with van der Waals surface area (Å²) < 4.78 is 4.62. The molecule has 0 fully saturated rings. The summed E-state index contributed by atoms with van der Waals surface area (Å²) in [7, 11) is 1.40. The molecular formula is C10H13NO2. The minimum atomic E-state index is -0.189. The number of esters is 1. The van der Waals surface area contributed by atoms with Crippen molar-refractivity contribution in [1.29, 1.82) is 0 Å². The molecule has 0 amide bonds. The molecule has 0 saturated heterocycles. The van der Waals surface area contributed by atoms with Gasteiger partial charge in [0, 0.05) is 18.3 Å². The molecule has 0 radical (unpaired) electrons. The van der Waals surface area contributed by atoms with E-state index in [4.69, 9.17) is 0 Å². The van der Waals surface area contributed by atoms with Crippen molar-refractivity contribution in [2.24, 2.45) is 5.92 Å². The quantitative estimate of drug-likeness (QED) is 0.659. The second kappa shape index (κ2) is 4.60. The SMILES string of the molecule is COC(=O)C(C)Cc1ccccn1. The second-order valence-corrected chi connectivity index (χ2v) is 2.95. The van der Waals surface area contributed by atoms with Gasteiger partial charge < -0.3 is 4.74 Å². The number of carbonyl (C=O) groups excluding carboxylic acids is 1. The van der Waals surface area contributed by atoms with Crippen LogP contribution in [0.4, 0.5) is 0 Å². The van der Waals surface area contributed by atoms with Crippen molar-refractivity contribution in [3.8, 4) is 0 Å². The topological polar surface area (TPSA) is 39.2 Å². The molecular weight excluding hydrogens is 166 g/mol. The van der Waals surface area contributed by atoms with Crippen LogP contribution in [0.5, 0.6) is 0 Å². The zero-order valence-electron chi connectivity index (χ0n) is 7.86. The second-order valence-electron chi connectivity index (χ2n) is 2.95. The third-order valence-corrected chi connectivity index (χ3v) is 1.85. The largest absolute Gasteiger partial charge is 0.469 e. The number of nitrogens with zero attached hydrogens (tertiary/aromatic N) is 1. The minimum Gasteiger partial charge on any atom is -0.469 e. The molecule has 3 heteroatoms. The zero-order valence-corrected chi connectivity index (χ0v) is 7.86. The first-order valence-electron chi connectivity index (χ1n) is 4.21. The maximum Gasteiger partial charge on any atom is 0.308 e. The third kappa shape index (κ3) is 2.86. The summed E-state index contributed by atoms with van der Waals surface area (Å²) >= 11 is 0. The molecule has 1 heterocycles. The van der Waals surface area contributed by atoms with E-state index in [1.165, 1.54) is 7.11 Å². The zero-order chi connectivity index (χ0) is 9.68. The van der Waals surface area contributed by atoms with E-state index < -0.39 is 0 Å².